The van der Waals surface area contributed by atoms with Crippen molar-refractivity contribution >= 4 is 12.2 Å². The minimum atomic E-state index is 0.426. The molecule has 0 unspecified atom stereocenters. The van der Waals surface area contributed by atoms with Crippen molar-refractivity contribution in [2.75, 3.05) is 5.73 Å². The Balaban J connectivity index is 2.78. The quantitative estimate of drug-likeness (QED) is 0.629. The molecule has 1 aromatic rings. The minimum Gasteiger partial charge on any atom is -0.384 e. The number of hydrogen-bond acceptors (Lipinski definition) is 3. The van der Waals surface area contributed by atoms with Crippen LogP contribution in [0.4, 0.5) is 5.82 Å². The highest BCUT2D eigenvalue weighted by atomic mass is 16.1. The number of pyridine rings is 1. The first kappa shape index (κ1) is 8.52. The zero-order chi connectivity index (χ0) is 8.97. The summed E-state index contributed by atoms with van der Waals surface area (Å²) in [4.78, 5) is 14.0. The predicted molar refractivity (Wildman–Crippen MR) is 46.3 cm³/mol. The molecular formula is C8H11N3O. The maximum atomic E-state index is 9.98. The molecule has 0 aliphatic heterocycles. The van der Waals surface area contributed by atoms with Crippen molar-refractivity contribution < 1.29 is 4.79 Å². The third-order valence-corrected chi connectivity index (χ3v) is 1.41. The van der Waals surface area contributed by atoms with E-state index in [0.717, 1.165) is 11.3 Å². The summed E-state index contributed by atoms with van der Waals surface area (Å²) in [5, 5.41) is 2.52. The van der Waals surface area contributed by atoms with Crippen LogP contribution in [0.2, 0.25) is 0 Å². The van der Waals surface area contributed by atoms with Crippen molar-refractivity contribution in [3.63, 3.8) is 0 Å². The zero-order valence-corrected chi connectivity index (χ0v) is 6.87. The van der Waals surface area contributed by atoms with E-state index in [1.165, 1.54) is 0 Å². The normalized spacial score (nSPS) is 9.42. The van der Waals surface area contributed by atoms with Crippen LogP contribution in [0.25, 0.3) is 0 Å². The van der Waals surface area contributed by atoms with E-state index in [-0.39, 0.29) is 0 Å². The smallest absolute Gasteiger partial charge is 0.207 e. The zero-order valence-electron chi connectivity index (χ0n) is 6.87. The fraction of sp³-hybridized carbons (Fsp3) is 0.250. The van der Waals surface area contributed by atoms with Crippen LogP contribution in [0.5, 0.6) is 0 Å². The largest absolute Gasteiger partial charge is 0.384 e. The molecule has 4 nitrogen and oxygen atoms in total. The summed E-state index contributed by atoms with van der Waals surface area (Å²) in [6.07, 6.45) is 0.639. The van der Waals surface area contributed by atoms with E-state index in [2.05, 4.69) is 10.3 Å². The van der Waals surface area contributed by atoms with E-state index in [1.54, 1.807) is 6.07 Å². The standard InChI is InChI=1S/C8H11N3O/c1-6-2-7(4-10-5-12)11-8(9)3-6/h2-3,5H,4H2,1H3,(H2,9,11)(H,10,12). The number of nitrogens with one attached hydrogen (secondary N) is 1. The maximum Gasteiger partial charge on any atom is 0.207 e. The Morgan fingerprint density at radius 1 is 1.67 bits per heavy atom. The minimum absolute atomic E-state index is 0.426. The molecular weight excluding hydrogens is 154 g/mol. The lowest BCUT2D eigenvalue weighted by atomic mass is 10.2. The highest BCUT2D eigenvalue weighted by molar-refractivity contribution is 5.46. The number of rotatable bonds is 3. The Bertz CT molecular complexity index is 265. The van der Waals surface area contributed by atoms with E-state index >= 15 is 0 Å². The average Bonchev–Trinajstić information content (AvgIpc) is 1.99. The number of aryl methyl sites for hydroxylation is 1. The third kappa shape index (κ3) is 2.23. The molecule has 1 heterocycles. The second-order valence-corrected chi connectivity index (χ2v) is 2.56. The Labute approximate surface area is 70.8 Å². The number of carbonyl (C=O) groups excluding carboxylic acids is 1. The lowest BCUT2D eigenvalue weighted by Crippen LogP contribution is -2.11. The van der Waals surface area contributed by atoms with Crippen molar-refractivity contribution in [3.8, 4) is 0 Å². The molecule has 0 radical (unpaired) electrons. The molecule has 0 aliphatic rings. The molecule has 0 atom stereocenters. The Morgan fingerprint density at radius 3 is 3.00 bits per heavy atom. The Kier molecular flexibility index (Phi) is 2.63. The lowest BCUT2D eigenvalue weighted by Gasteiger charge is -2.01. The molecule has 0 spiro atoms. The summed E-state index contributed by atoms with van der Waals surface area (Å²) < 4.78 is 0. The second-order valence-electron chi connectivity index (χ2n) is 2.56. The maximum absolute atomic E-state index is 9.98. The first-order valence-electron chi connectivity index (χ1n) is 3.62. The van der Waals surface area contributed by atoms with Crippen molar-refractivity contribution in [2.45, 2.75) is 13.5 Å². The first-order chi connectivity index (χ1) is 5.72. The summed E-state index contributed by atoms with van der Waals surface area (Å²) in [5.74, 6) is 0.484. The van der Waals surface area contributed by atoms with Crippen LogP contribution in [0.15, 0.2) is 12.1 Å². The lowest BCUT2D eigenvalue weighted by molar-refractivity contribution is -0.109. The van der Waals surface area contributed by atoms with Crippen molar-refractivity contribution in [3.05, 3.63) is 23.4 Å². The summed E-state index contributed by atoms with van der Waals surface area (Å²) >= 11 is 0. The fourth-order valence-electron chi connectivity index (χ4n) is 1.00. The number of amides is 1. The van der Waals surface area contributed by atoms with Gasteiger partial charge < -0.3 is 11.1 Å². The van der Waals surface area contributed by atoms with Crippen LogP contribution < -0.4 is 11.1 Å². The van der Waals surface area contributed by atoms with Crippen LogP contribution in [0.3, 0.4) is 0 Å². The molecule has 0 aromatic carbocycles. The van der Waals surface area contributed by atoms with Crippen LogP contribution in [0.1, 0.15) is 11.3 Å². The molecule has 1 aromatic heterocycles. The fourth-order valence-corrected chi connectivity index (χ4v) is 1.00. The van der Waals surface area contributed by atoms with Gasteiger partial charge in [0.15, 0.2) is 0 Å². The number of nitrogen functional groups attached to an aromatic ring is 1. The predicted octanol–water partition coefficient (Wildman–Crippen LogP) is 0.218. The molecule has 4 heteroatoms. The van der Waals surface area contributed by atoms with Gasteiger partial charge in [-0.1, -0.05) is 0 Å². The molecule has 0 fully saturated rings. The Morgan fingerprint density at radius 2 is 2.42 bits per heavy atom. The van der Waals surface area contributed by atoms with E-state index in [1.807, 2.05) is 13.0 Å². The summed E-state index contributed by atoms with van der Waals surface area (Å²) in [6.45, 7) is 2.36. The third-order valence-electron chi connectivity index (χ3n) is 1.41. The summed E-state index contributed by atoms with van der Waals surface area (Å²) in [6, 6.07) is 3.66. The number of aromatic nitrogens is 1. The van der Waals surface area contributed by atoms with Crippen LogP contribution in [-0.2, 0) is 11.3 Å². The second kappa shape index (κ2) is 3.71. The Hall–Kier alpha value is -1.58. The van der Waals surface area contributed by atoms with Gasteiger partial charge >= 0.3 is 0 Å². The van der Waals surface area contributed by atoms with Gasteiger partial charge in [-0.15, -0.1) is 0 Å². The SMILES string of the molecule is Cc1cc(N)nc(CNC=O)c1. The first-order valence-corrected chi connectivity index (χ1v) is 3.62. The van der Waals surface area contributed by atoms with Crippen molar-refractivity contribution in [1.82, 2.24) is 10.3 Å². The highest BCUT2D eigenvalue weighted by Gasteiger charge is 1.96. The molecule has 0 bridgehead atoms. The van der Waals surface area contributed by atoms with Gasteiger partial charge in [-0.25, -0.2) is 4.98 Å². The van der Waals surface area contributed by atoms with Gasteiger partial charge in [0.25, 0.3) is 0 Å². The van der Waals surface area contributed by atoms with E-state index in [9.17, 15) is 4.79 Å². The average molecular weight is 165 g/mol. The number of nitrogens with zero attached hydrogens (tertiary/aromatic N) is 1. The molecule has 3 N–H and O–H groups in total. The number of carbonyl (C=O) groups is 1. The molecule has 0 saturated heterocycles. The molecule has 0 saturated carbocycles. The molecule has 12 heavy (non-hydrogen) atoms. The molecule has 0 aliphatic carbocycles. The van der Waals surface area contributed by atoms with E-state index in [0.29, 0.717) is 18.8 Å². The van der Waals surface area contributed by atoms with Gasteiger partial charge in [-0.05, 0) is 24.6 Å². The van der Waals surface area contributed by atoms with Gasteiger partial charge in [-0.3, -0.25) is 4.79 Å². The molecule has 64 valence electrons. The number of anilines is 1. The monoisotopic (exact) mass is 165 g/mol. The van der Waals surface area contributed by atoms with Crippen molar-refractivity contribution in [1.29, 1.82) is 0 Å². The van der Waals surface area contributed by atoms with Crippen molar-refractivity contribution in [2.24, 2.45) is 0 Å². The van der Waals surface area contributed by atoms with Crippen LogP contribution in [-0.4, -0.2) is 11.4 Å². The van der Waals surface area contributed by atoms with Crippen LogP contribution in [0, 0.1) is 6.92 Å². The summed E-state index contributed by atoms with van der Waals surface area (Å²) in [5.41, 5.74) is 7.33. The number of nitrogens with two attached hydrogens (primary N) is 1. The van der Waals surface area contributed by atoms with Gasteiger partial charge in [0, 0.05) is 0 Å². The van der Waals surface area contributed by atoms with Gasteiger partial charge in [0.1, 0.15) is 5.82 Å². The van der Waals surface area contributed by atoms with Gasteiger partial charge in [0.2, 0.25) is 6.41 Å². The topological polar surface area (TPSA) is 68.0 Å². The van der Waals surface area contributed by atoms with E-state index in [4.69, 9.17) is 5.73 Å². The molecule has 1 rings (SSSR count). The van der Waals surface area contributed by atoms with Gasteiger partial charge in [0.05, 0.1) is 12.2 Å². The van der Waals surface area contributed by atoms with Crippen LogP contribution >= 0.6 is 0 Å². The molecule has 1 amide bonds. The van der Waals surface area contributed by atoms with E-state index < -0.39 is 0 Å². The van der Waals surface area contributed by atoms with Gasteiger partial charge in [-0.2, -0.15) is 0 Å². The summed E-state index contributed by atoms with van der Waals surface area (Å²) in [7, 11) is 0. The number of hydrogen-bond donors (Lipinski definition) is 2. The highest BCUT2D eigenvalue weighted by Crippen LogP contribution is 2.05.